The number of hydrogen-bond acceptors (Lipinski definition) is 6. The molecule has 0 unspecified atom stereocenters. The van der Waals surface area contributed by atoms with Crippen LogP contribution in [0.3, 0.4) is 0 Å². The number of rotatable bonds is 3. The number of anilines is 1. The summed E-state index contributed by atoms with van der Waals surface area (Å²) in [7, 11) is 0. The van der Waals surface area contributed by atoms with Crippen molar-refractivity contribution >= 4 is 17.0 Å². The zero-order valence-electron chi connectivity index (χ0n) is 15.7. The highest BCUT2D eigenvalue weighted by Gasteiger charge is 2.22. The maximum Gasteiger partial charge on any atom is 0.229 e. The van der Waals surface area contributed by atoms with Crippen LogP contribution in [0.5, 0.6) is 0 Å². The summed E-state index contributed by atoms with van der Waals surface area (Å²) in [5.74, 6) is 2.06. The molecule has 140 valence electrons. The van der Waals surface area contributed by atoms with Gasteiger partial charge in [-0.2, -0.15) is 4.98 Å². The second-order valence-electron chi connectivity index (χ2n) is 7.01. The number of hydrogen-bond donors (Lipinski definition) is 1. The number of aryl methyl sites for hydroxylation is 1. The molecule has 0 aliphatic carbocycles. The van der Waals surface area contributed by atoms with Gasteiger partial charge in [-0.1, -0.05) is 48.0 Å². The van der Waals surface area contributed by atoms with Gasteiger partial charge >= 0.3 is 0 Å². The van der Waals surface area contributed by atoms with Crippen LogP contribution in [-0.2, 0) is 0 Å². The summed E-state index contributed by atoms with van der Waals surface area (Å²) >= 11 is 0. The molecular formula is C22H21N5O. The van der Waals surface area contributed by atoms with Gasteiger partial charge in [-0.25, -0.2) is 9.97 Å². The zero-order chi connectivity index (χ0) is 18.9. The monoisotopic (exact) mass is 371 g/mol. The topological polar surface area (TPSA) is 67.1 Å². The van der Waals surface area contributed by atoms with E-state index in [1.165, 1.54) is 5.56 Å². The highest BCUT2D eigenvalue weighted by atomic mass is 16.4. The number of oxazole rings is 1. The van der Waals surface area contributed by atoms with Crippen LogP contribution in [-0.4, -0.2) is 41.1 Å². The van der Waals surface area contributed by atoms with E-state index in [1.54, 1.807) is 0 Å². The van der Waals surface area contributed by atoms with Crippen LogP contribution in [0.2, 0.25) is 0 Å². The van der Waals surface area contributed by atoms with Crippen LogP contribution in [0.4, 0.5) is 5.82 Å². The third-order valence-electron chi connectivity index (χ3n) is 4.98. The first-order chi connectivity index (χ1) is 13.8. The Labute approximate surface area is 163 Å². The molecule has 3 heterocycles. The molecule has 2 aromatic heterocycles. The van der Waals surface area contributed by atoms with Gasteiger partial charge < -0.3 is 14.6 Å². The molecule has 5 rings (SSSR count). The van der Waals surface area contributed by atoms with Gasteiger partial charge in [0.25, 0.3) is 0 Å². The number of aromatic nitrogens is 3. The van der Waals surface area contributed by atoms with Crippen molar-refractivity contribution in [3.8, 4) is 22.8 Å². The Morgan fingerprint density at radius 2 is 1.61 bits per heavy atom. The largest absolute Gasteiger partial charge is 0.430 e. The van der Waals surface area contributed by atoms with E-state index < -0.39 is 0 Å². The summed E-state index contributed by atoms with van der Waals surface area (Å²) < 4.78 is 6.17. The van der Waals surface area contributed by atoms with E-state index in [4.69, 9.17) is 19.4 Å². The molecule has 0 amide bonds. The van der Waals surface area contributed by atoms with Gasteiger partial charge in [-0.15, -0.1) is 0 Å². The molecule has 0 atom stereocenters. The highest BCUT2D eigenvalue weighted by Crippen LogP contribution is 2.31. The lowest BCUT2D eigenvalue weighted by molar-refractivity contribution is 0.575. The van der Waals surface area contributed by atoms with Crippen molar-refractivity contribution < 1.29 is 4.42 Å². The van der Waals surface area contributed by atoms with Gasteiger partial charge in [0.1, 0.15) is 0 Å². The molecule has 6 nitrogen and oxygen atoms in total. The van der Waals surface area contributed by atoms with Crippen molar-refractivity contribution in [2.24, 2.45) is 0 Å². The highest BCUT2D eigenvalue weighted by molar-refractivity contribution is 5.85. The fourth-order valence-corrected chi connectivity index (χ4v) is 3.44. The molecule has 1 aliphatic rings. The Kier molecular flexibility index (Phi) is 4.25. The molecule has 0 bridgehead atoms. The molecule has 1 aliphatic heterocycles. The Balaban J connectivity index is 1.68. The Bertz CT molecular complexity index is 1100. The van der Waals surface area contributed by atoms with Crippen molar-refractivity contribution in [3.05, 3.63) is 60.2 Å². The van der Waals surface area contributed by atoms with Crippen LogP contribution in [0.25, 0.3) is 34.1 Å². The maximum atomic E-state index is 6.17. The SMILES string of the molecule is Cc1ccc(-c2nc3nc(-c4ccccc4)nc(N4CCNCC4)c3o2)cc1. The van der Waals surface area contributed by atoms with E-state index in [0.717, 1.165) is 43.1 Å². The quantitative estimate of drug-likeness (QED) is 0.593. The minimum atomic E-state index is 0.575. The van der Waals surface area contributed by atoms with Gasteiger partial charge in [-0.3, -0.25) is 0 Å². The Morgan fingerprint density at radius 3 is 2.36 bits per heavy atom. The first-order valence-corrected chi connectivity index (χ1v) is 9.55. The van der Waals surface area contributed by atoms with Crippen LogP contribution >= 0.6 is 0 Å². The van der Waals surface area contributed by atoms with Crippen LogP contribution < -0.4 is 10.2 Å². The van der Waals surface area contributed by atoms with Crippen LogP contribution in [0, 0.1) is 6.92 Å². The smallest absolute Gasteiger partial charge is 0.229 e. The minimum absolute atomic E-state index is 0.575. The Hall–Kier alpha value is -3.25. The standard InChI is InChI=1S/C22H21N5O/c1-15-7-9-17(10-8-15)22-26-20-18(28-22)21(27-13-11-23-12-14-27)25-19(24-20)16-5-3-2-4-6-16/h2-10,23H,11-14H2,1H3. The second kappa shape index (κ2) is 7.05. The zero-order valence-corrected chi connectivity index (χ0v) is 15.7. The van der Waals surface area contributed by atoms with E-state index in [2.05, 4.69) is 29.3 Å². The predicted molar refractivity (Wildman–Crippen MR) is 110 cm³/mol. The number of fused-ring (bicyclic) bond motifs is 1. The van der Waals surface area contributed by atoms with Crippen molar-refractivity contribution in [1.29, 1.82) is 0 Å². The number of piperazine rings is 1. The van der Waals surface area contributed by atoms with E-state index in [9.17, 15) is 0 Å². The lowest BCUT2D eigenvalue weighted by Gasteiger charge is -2.28. The van der Waals surface area contributed by atoms with Gasteiger partial charge in [-0.05, 0) is 19.1 Å². The minimum Gasteiger partial charge on any atom is -0.430 e. The number of nitrogens with one attached hydrogen (secondary N) is 1. The molecule has 28 heavy (non-hydrogen) atoms. The van der Waals surface area contributed by atoms with Crippen molar-refractivity contribution in [2.75, 3.05) is 31.1 Å². The first kappa shape index (κ1) is 16.9. The number of benzene rings is 2. The van der Waals surface area contributed by atoms with E-state index >= 15 is 0 Å². The van der Waals surface area contributed by atoms with Crippen molar-refractivity contribution in [2.45, 2.75) is 6.92 Å². The molecular weight excluding hydrogens is 350 g/mol. The molecule has 1 saturated heterocycles. The lowest BCUT2D eigenvalue weighted by atomic mass is 10.1. The maximum absolute atomic E-state index is 6.17. The predicted octanol–water partition coefficient (Wildman–Crippen LogP) is 3.67. The van der Waals surface area contributed by atoms with Gasteiger partial charge in [0.15, 0.2) is 11.6 Å². The number of nitrogens with zero attached hydrogens (tertiary/aromatic N) is 4. The van der Waals surface area contributed by atoms with Gasteiger partial charge in [0.2, 0.25) is 17.1 Å². The molecule has 1 N–H and O–H groups in total. The fraction of sp³-hybridized carbons (Fsp3) is 0.227. The average molecular weight is 371 g/mol. The fourth-order valence-electron chi connectivity index (χ4n) is 3.44. The lowest BCUT2D eigenvalue weighted by Crippen LogP contribution is -2.44. The molecule has 0 saturated carbocycles. The van der Waals surface area contributed by atoms with Gasteiger partial charge in [0.05, 0.1) is 0 Å². The summed E-state index contributed by atoms with van der Waals surface area (Å²) in [5, 5.41) is 3.38. The molecule has 0 spiro atoms. The van der Waals surface area contributed by atoms with E-state index in [0.29, 0.717) is 22.9 Å². The summed E-state index contributed by atoms with van der Waals surface area (Å²) in [6.07, 6.45) is 0. The van der Waals surface area contributed by atoms with Crippen LogP contribution in [0.1, 0.15) is 5.56 Å². The molecule has 2 aromatic carbocycles. The second-order valence-corrected chi connectivity index (χ2v) is 7.01. The summed E-state index contributed by atoms with van der Waals surface area (Å²) in [6.45, 7) is 5.66. The average Bonchev–Trinajstić information content (AvgIpc) is 3.19. The first-order valence-electron chi connectivity index (χ1n) is 9.55. The summed E-state index contributed by atoms with van der Waals surface area (Å²) in [6, 6.07) is 18.2. The van der Waals surface area contributed by atoms with Crippen molar-refractivity contribution in [1.82, 2.24) is 20.3 Å². The third kappa shape index (κ3) is 3.12. The van der Waals surface area contributed by atoms with E-state index in [-0.39, 0.29) is 0 Å². The summed E-state index contributed by atoms with van der Waals surface area (Å²) in [5.41, 5.74) is 4.36. The normalized spacial score (nSPS) is 14.5. The summed E-state index contributed by atoms with van der Waals surface area (Å²) in [4.78, 5) is 16.5. The molecule has 1 fully saturated rings. The molecule has 6 heteroatoms. The van der Waals surface area contributed by atoms with Crippen molar-refractivity contribution in [3.63, 3.8) is 0 Å². The molecule has 4 aromatic rings. The van der Waals surface area contributed by atoms with Crippen LogP contribution in [0.15, 0.2) is 59.0 Å². The molecule has 0 radical (unpaired) electrons. The van der Waals surface area contributed by atoms with E-state index in [1.807, 2.05) is 42.5 Å². The Morgan fingerprint density at radius 1 is 0.857 bits per heavy atom. The third-order valence-corrected chi connectivity index (χ3v) is 4.98. The van der Waals surface area contributed by atoms with Gasteiger partial charge in [0, 0.05) is 37.3 Å².